The highest BCUT2D eigenvalue weighted by Crippen LogP contribution is 2.41. The van der Waals surface area contributed by atoms with Crippen LogP contribution in [0, 0.1) is 11.3 Å². The van der Waals surface area contributed by atoms with Crippen molar-refractivity contribution in [1.29, 1.82) is 0 Å². The lowest BCUT2D eigenvalue weighted by Crippen LogP contribution is -2.43. The van der Waals surface area contributed by atoms with Crippen LogP contribution in [-0.2, 0) is 0 Å². The lowest BCUT2D eigenvalue weighted by molar-refractivity contribution is 0.124. The molecule has 0 aromatic heterocycles. The van der Waals surface area contributed by atoms with E-state index in [2.05, 4.69) is 24.5 Å². The molecular weight excluding hydrogens is 180 g/mol. The van der Waals surface area contributed by atoms with Gasteiger partial charge in [-0.25, -0.2) is 0 Å². The Morgan fingerprint density at radius 3 is 2.46 bits per heavy atom. The number of hydrogen-bond acceptors (Lipinski definition) is 1. The van der Waals surface area contributed by atoms with Gasteiger partial charge >= 0.3 is 0 Å². The van der Waals surface area contributed by atoms with E-state index >= 15 is 0 Å². The molecule has 0 aliphatic heterocycles. The van der Waals surface area contributed by atoms with Crippen molar-refractivity contribution in [2.24, 2.45) is 11.3 Å². The molecule has 1 rings (SSSR count). The molecule has 0 heterocycles. The molecule has 1 aliphatic carbocycles. The lowest BCUT2D eigenvalue weighted by Gasteiger charge is -2.40. The first-order valence-corrected chi connectivity index (χ1v) is 5.42. The van der Waals surface area contributed by atoms with Crippen molar-refractivity contribution >= 4 is 17.3 Å². The molecule has 0 amide bonds. The second-order valence-electron chi connectivity index (χ2n) is 4.55. The fraction of sp³-hybridized carbons (Fsp3) is 0.900. The first-order chi connectivity index (χ1) is 6.06. The van der Waals surface area contributed by atoms with Crippen molar-refractivity contribution in [1.82, 2.24) is 10.6 Å². The first kappa shape index (κ1) is 10.8. The maximum atomic E-state index is 5.04. The van der Waals surface area contributed by atoms with Gasteiger partial charge in [-0.1, -0.05) is 20.3 Å². The van der Waals surface area contributed by atoms with E-state index in [0.29, 0.717) is 5.41 Å². The number of nitrogens with one attached hydrogen (secondary N) is 2. The minimum atomic E-state index is 0.388. The fourth-order valence-corrected chi connectivity index (χ4v) is 1.80. The Morgan fingerprint density at radius 2 is 2.08 bits per heavy atom. The van der Waals surface area contributed by atoms with E-state index in [-0.39, 0.29) is 0 Å². The van der Waals surface area contributed by atoms with Gasteiger partial charge in [-0.3, -0.25) is 0 Å². The lowest BCUT2D eigenvalue weighted by atomic mass is 9.67. The second-order valence-corrected chi connectivity index (χ2v) is 4.96. The summed E-state index contributed by atoms with van der Waals surface area (Å²) in [7, 11) is 1.85. The summed E-state index contributed by atoms with van der Waals surface area (Å²) in [5, 5.41) is 6.93. The van der Waals surface area contributed by atoms with Crippen LogP contribution in [0.1, 0.15) is 33.1 Å². The van der Waals surface area contributed by atoms with Crippen molar-refractivity contribution in [3.05, 3.63) is 0 Å². The van der Waals surface area contributed by atoms with Gasteiger partial charge in [-0.15, -0.1) is 0 Å². The normalized spacial score (nSPS) is 17.8. The maximum absolute atomic E-state index is 5.04. The molecule has 0 saturated heterocycles. The molecule has 0 aromatic rings. The number of thiocarbonyl (C=S) groups is 1. The van der Waals surface area contributed by atoms with Crippen molar-refractivity contribution < 1.29 is 0 Å². The van der Waals surface area contributed by atoms with Gasteiger partial charge in [0.05, 0.1) is 0 Å². The molecule has 0 radical (unpaired) electrons. The van der Waals surface area contributed by atoms with Crippen LogP contribution in [0.4, 0.5) is 0 Å². The van der Waals surface area contributed by atoms with Crippen LogP contribution in [0.5, 0.6) is 0 Å². The Hall–Kier alpha value is -0.310. The maximum Gasteiger partial charge on any atom is 0.166 e. The standard InChI is InChI=1S/C10H20N2S/c1-10(2,8-5-4-6-8)7-12-9(13)11-3/h8H,4-7H2,1-3H3,(H2,11,12,13). The van der Waals surface area contributed by atoms with E-state index in [1.165, 1.54) is 19.3 Å². The highest BCUT2D eigenvalue weighted by atomic mass is 32.1. The zero-order valence-corrected chi connectivity index (χ0v) is 9.63. The summed E-state index contributed by atoms with van der Waals surface area (Å²) in [6.07, 6.45) is 4.19. The van der Waals surface area contributed by atoms with Gasteiger partial charge in [-0.2, -0.15) is 0 Å². The van der Waals surface area contributed by atoms with Gasteiger partial charge in [0.25, 0.3) is 0 Å². The first-order valence-electron chi connectivity index (χ1n) is 5.02. The zero-order valence-electron chi connectivity index (χ0n) is 8.81. The molecule has 1 saturated carbocycles. The van der Waals surface area contributed by atoms with Gasteiger partial charge in [0, 0.05) is 13.6 Å². The van der Waals surface area contributed by atoms with Gasteiger partial charge in [0.2, 0.25) is 0 Å². The molecule has 1 aliphatic rings. The molecule has 13 heavy (non-hydrogen) atoms. The summed E-state index contributed by atoms with van der Waals surface area (Å²) in [6.45, 7) is 5.63. The minimum absolute atomic E-state index is 0.388. The molecule has 2 N–H and O–H groups in total. The van der Waals surface area contributed by atoms with Crippen LogP contribution in [-0.4, -0.2) is 18.7 Å². The van der Waals surface area contributed by atoms with Crippen molar-refractivity contribution in [2.45, 2.75) is 33.1 Å². The summed E-state index contributed by atoms with van der Waals surface area (Å²) in [5.41, 5.74) is 0.388. The highest BCUT2D eigenvalue weighted by molar-refractivity contribution is 7.80. The van der Waals surface area contributed by atoms with Gasteiger partial charge in [-0.05, 0) is 36.4 Å². The summed E-state index contributed by atoms with van der Waals surface area (Å²) < 4.78 is 0. The predicted octanol–water partition coefficient (Wildman–Crippen LogP) is 1.91. The summed E-state index contributed by atoms with van der Waals surface area (Å²) in [4.78, 5) is 0. The predicted molar refractivity (Wildman–Crippen MR) is 60.8 cm³/mol. The number of rotatable bonds is 3. The largest absolute Gasteiger partial charge is 0.366 e. The SMILES string of the molecule is CNC(=S)NCC(C)(C)C1CCC1. The molecule has 2 nitrogen and oxygen atoms in total. The van der Waals surface area contributed by atoms with E-state index < -0.39 is 0 Å². The molecule has 0 bridgehead atoms. The molecular formula is C10H20N2S. The molecule has 0 spiro atoms. The molecule has 0 unspecified atom stereocenters. The second kappa shape index (κ2) is 4.27. The summed E-state index contributed by atoms with van der Waals surface area (Å²) in [5.74, 6) is 0.889. The smallest absolute Gasteiger partial charge is 0.166 e. The topological polar surface area (TPSA) is 24.1 Å². The quantitative estimate of drug-likeness (QED) is 0.681. The van der Waals surface area contributed by atoms with E-state index in [1.807, 2.05) is 7.05 Å². The Bertz CT molecular complexity index is 185. The molecule has 76 valence electrons. The third-order valence-corrected chi connectivity index (χ3v) is 3.49. The third-order valence-electron chi connectivity index (χ3n) is 3.14. The fourth-order valence-electron chi connectivity index (χ4n) is 1.73. The van der Waals surface area contributed by atoms with E-state index in [0.717, 1.165) is 17.6 Å². The summed E-state index contributed by atoms with van der Waals surface area (Å²) >= 11 is 5.04. The Morgan fingerprint density at radius 1 is 1.46 bits per heavy atom. The van der Waals surface area contributed by atoms with E-state index in [1.54, 1.807) is 0 Å². The number of hydrogen-bond donors (Lipinski definition) is 2. The van der Waals surface area contributed by atoms with Crippen LogP contribution in [0.3, 0.4) is 0 Å². The monoisotopic (exact) mass is 200 g/mol. The van der Waals surface area contributed by atoms with Crippen molar-refractivity contribution in [3.8, 4) is 0 Å². The van der Waals surface area contributed by atoms with Gasteiger partial charge in [0.15, 0.2) is 5.11 Å². The minimum Gasteiger partial charge on any atom is -0.366 e. The average Bonchev–Trinajstić information content (AvgIpc) is 1.96. The molecule has 0 aromatic carbocycles. The van der Waals surface area contributed by atoms with Crippen LogP contribution in [0.25, 0.3) is 0 Å². The molecule has 0 atom stereocenters. The Balaban J connectivity index is 2.28. The van der Waals surface area contributed by atoms with Gasteiger partial charge < -0.3 is 10.6 Å². The van der Waals surface area contributed by atoms with Crippen LogP contribution in [0.15, 0.2) is 0 Å². The molecule has 1 fully saturated rings. The van der Waals surface area contributed by atoms with Crippen molar-refractivity contribution in [2.75, 3.05) is 13.6 Å². The zero-order chi connectivity index (χ0) is 9.90. The van der Waals surface area contributed by atoms with Crippen LogP contribution >= 0.6 is 12.2 Å². The average molecular weight is 200 g/mol. The van der Waals surface area contributed by atoms with Crippen LogP contribution < -0.4 is 10.6 Å². The Labute approximate surface area is 86.5 Å². The summed E-state index contributed by atoms with van der Waals surface area (Å²) in [6, 6.07) is 0. The van der Waals surface area contributed by atoms with Crippen molar-refractivity contribution in [3.63, 3.8) is 0 Å². The Kier molecular flexibility index (Phi) is 3.54. The van der Waals surface area contributed by atoms with E-state index in [4.69, 9.17) is 12.2 Å². The van der Waals surface area contributed by atoms with Gasteiger partial charge in [0.1, 0.15) is 0 Å². The van der Waals surface area contributed by atoms with Crippen LogP contribution in [0.2, 0.25) is 0 Å². The highest BCUT2D eigenvalue weighted by Gasteiger charge is 2.33. The third kappa shape index (κ3) is 2.83. The molecule has 3 heteroatoms. The van der Waals surface area contributed by atoms with E-state index in [9.17, 15) is 0 Å².